The predicted molar refractivity (Wildman–Crippen MR) is 114 cm³/mol. The van der Waals surface area contributed by atoms with Gasteiger partial charge in [0.2, 0.25) is 10.0 Å². The van der Waals surface area contributed by atoms with Crippen molar-refractivity contribution in [3.63, 3.8) is 0 Å². The SMILES string of the molecule is O=C(NCc1ccccc1CN1CCCC1)c1ccc(N2CCCS2(=O)=O)cc1. The van der Waals surface area contributed by atoms with Crippen LogP contribution in [0, 0.1) is 0 Å². The number of nitrogens with zero attached hydrogens (tertiary/aromatic N) is 2. The van der Waals surface area contributed by atoms with Crippen LogP contribution in [-0.4, -0.2) is 44.6 Å². The first kappa shape index (κ1) is 19.9. The van der Waals surface area contributed by atoms with Gasteiger partial charge >= 0.3 is 0 Å². The molecule has 1 amide bonds. The van der Waals surface area contributed by atoms with Gasteiger partial charge in [-0.2, -0.15) is 0 Å². The number of amides is 1. The fourth-order valence-corrected chi connectivity index (χ4v) is 5.62. The Bertz CT molecular complexity index is 967. The fraction of sp³-hybridized carbons (Fsp3) is 0.409. The van der Waals surface area contributed by atoms with E-state index in [1.807, 2.05) is 12.1 Å². The van der Waals surface area contributed by atoms with Gasteiger partial charge in [-0.1, -0.05) is 24.3 Å². The van der Waals surface area contributed by atoms with Crippen molar-refractivity contribution in [1.29, 1.82) is 0 Å². The number of hydrogen-bond acceptors (Lipinski definition) is 4. The number of carbonyl (C=O) groups excluding carboxylic acids is 1. The van der Waals surface area contributed by atoms with Crippen molar-refractivity contribution in [3.05, 3.63) is 65.2 Å². The smallest absolute Gasteiger partial charge is 0.251 e. The maximum Gasteiger partial charge on any atom is 0.251 e. The van der Waals surface area contributed by atoms with E-state index in [2.05, 4.69) is 22.3 Å². The minimum atomic E-state index is -3.21. The zero-order chi connectivity index (χ0) is 20.3. The summed E-state index contributed by atoms with van der Waals surface area (Å²) >= 11 is 0. The summed E-state index contributed by atoms with van der Waals surface area (Å²) in [7, 11) is -3.21. The minimum absolute atomic E-state index is 0.156. The third kappa shape index (κ3) is 4.62. The minimum Gasteiger partial charge on any atom is -0.348 e. The highest BCUT2D eigenvalue weighted by molar-refractivity contribution is 7.93. The fourth-order valence-electron chi connectivity index (χ4n) is 4.05. The van der Waals surface area contributed by atoms with E-state index in [9.17, 15) is 13.2 Å². The molecule has 0 atom stereocenters. The largest absolute Gasteiger partial charge is 0.348 e. The molecule has 0 saturated carbocycles. The van der Waals surface area contributed by atoms with E-state index in [0.29, 0.717) is 30.8 Å². The summed E-state index contributed by atoms with van der Waals surface area (Å²) in [6, 6.07) is 15.0. The standard InChI is InChI=1S/C22H27N3O3S/c26-22(18-8-10-21(11-9-18)25-14-5-15-29(25,27)28)23-16-19-6-1-2-7-20(19)17-24-12-3-4-13-24/h1-2,6-11H,3-5,12-17H2,(H,23,26). The second-order valence-electron chi connectivity index (χ2n) is 7.72. The summed E-state index contributed by atoms with van der Waals surface area (Å²) in [6.07, 6.45) is 3.16. The zero-order valence-electron chi connectivity index (χ0n) is 16.5. The summed E-state index contributed by atoms with van der Waals surface area (Å²) < 4.78 is 25.5. The van der Waals surface area contributed by atoms with Crippen molar-refractivity contribution in [2.45, 2.75) is 32.4 Å². The number of likely N-dealkylation sites (tertiary alicyclic amines) is 1. The number of benzene rings is 2. The molecule has 2 aromatic carbocycles. The number of nitrogens with one attached hydrogen (secondary N) is 1. The molecule has 29 heavy (non-hydrogen) atoms. The van der Waals surface area contributed by atoms with Gasteiger partial charge in [-0.25, -0.2) is 8.42 Å². The molecular formula is C22H27N3O3S. The normalized spacial score (nSPS) is 18.8. The molecule has 2 fully saturated rings. The van der Waals surface area contributed by atoms with Crippen LogP contribution in [0.1, 0.15) is 40.7 Å². The molecule has 0 unspecified atom stereocenters. The number of hydrogen-bond donors (Lipinski definition) is 1. The molecular weight excluding hydrogens is 386 g/mol. The van der Waals surface area contributed by atoms with Gasteiger partial charge in [-0.15, -0.1) is 0 Å². The third-order valence-corrected chi connectivity index (χ3v) is 7.54. The lowest BCUT2D eigenvalue weighted by Crippen LogP contribution is -2.26. The Morgan fingerprint density at radius 3 is 2.24 bits per heavy atom. The molecule has 0 radical (unpaired) electrons. The van der Waals surface area contributed by atoms with Crippen LogP contribution in [0.3, 0.4) is 0 Å². The lowest BCUT2D eigenvalue weighted by Gasteiger charge is -2.18. The van der Waals surface area contributed by atoms with Crippen molar-refractivity contribution in [3.8, 4) is 0 Å². The first-order valence-electron chi connectivity index (χ1n) is 10.2. The van der Waals surface area contributed by atoms with Gasteiger partial charge in [0.1, 0.15) is 0 Å². The molecule has 0 spiro atoms. The van der Waals surface area contributed by atoms with Gasteiger partial charge < -0.3 is 5.32 Å². The van der Waals surface area contributed by atoms with E-state index in [4.69, 9.17) is 0 Å². The Morgan fingerprint density at radius 2 is 1.59 bits per heavy atom. The van der Waals surface area contributed by atoms with Crippen LogP contribution in [0.25, 0.3) is 0 Å². The number of anilines is 1. The van der Waals surface area contributed by atoms with Crippen molar-refractivity contribution in [2.24, 2.45) is 0 Å². The first-order chi connectivity index (χ1) is 14.0. The van der Waals surface area contributed by atoms with Crippen LogP contribution >= 0.6 is 0 Å². The van der Waals surface area contributed by atoms with Gasteiger partial charge in [0.15, 0.2) is 0 Å². The number of carbonyl (C=O) groups is 1. The molecule has 2 saturated heterocycles. The molecule has 2 aliphatic rings. The Morgan fingerprint density at radius 1 is 0.897 bits per heavy atom. The summed E-state index contributed by atoms with van der Waals surface area (Å²) in [5, 5.41) is 3.00. The Balaban J connectivity index is 1.39. The van der Waals surface area contributed by atoms with Crippen molar-refractivity contribution in [1.82, 2.24) is 10.2 Å². The van der Waals surface area contributed by atoms with Gasteiger partial charge in [0.25, 0.3) is 5.91 Å². The average Bonchev–Trinajstić information content (AvgIpc) is 3.36. The maximum atomic E-state index is 12.6. The quantitative estimate of drug-likeness (QED) is 0.791. The van der Waals surface area contributed by atoms with Crippen molar-refractivity contribution < 1.29 is 13.2 Å². The second-order valence-corrected chi connectivity index (χ2v) is 9.74. The van der Waals surface area contributed by atoms with Crippen LogP contribution in [0.15, 0.2) is 48.5 Å². The summed E-state index contributed by atoms with van der Waals surface area (Å²) in [4.78, 5) is 15.0. The first-order valence-corrected chi connectivity index (χ1v) is 11.8. The van der Waals surface area contributed by atoms with Gasteiger partial charge in [0.05, 0.1) is 11.4 Å². The maximum absolute atomic E-state index is 12.6. The van der Waals surface area contributed by atoms with Gasteiger partial charge in [-0.05, 0) is 67.7 Å². The zero-order valence-corrected chi connectivity index (χ0v) is 17.3. The number of rotatable bonds is 6. The summed E-state index contributed by atoms with van der Waals surface area (Å²) in [6.45, 7) is 4.18. The number of sulfonamides is 1. The molecule has 6 nitrogen and oxygen atoms in total. The van der Waals surface area contributed by atoms with Crippen LogP contribution < -0.4 is 9.62 Å². The monoisotopic (exact) mass is 413 g/mol. The molecule has 1 N–H and O–H groups in total. The van der Waals surface area contributed by atoms with Crippen LogP contribution in [0.2, 0.25) is 0 Å². The van der Waals surface area contributed by atoms with E-state index in [1.165, 1.54) is 22.7 Å². The molecule has 2 aromatic rings. The lowest BCUT2D eigenvalue weighted by atomic mass is 10.1. The highest BCUT2D eigenvalue weighted by Crippen LogP contribution is 2.24. The van der Waals surface area contributed by atoms with Crippen molar-refractivity contribution in [2.75, 3.05) is 29.7 Å². The molecule has 4 rings (SSSR count). The lowest BCUT2D eigenvalue weighted by molar-refractivity contribution is 0.0951. The molecule has 2 heterocycles. The summed E-state index contributed by atoms with van der Waals surface area (Å²) in [5.74, 6) is 0.0308. The highest BCUT2D eigenvalue weighted by atomic mass is 32.2. The predicted octanol–water partition coefficient (Wildman–Crippen LogP) is 2.75. The van der Waals surface area contributed by atoms with Gasteiger partial charge in [-0.3, -0.25) is 14.0 Å². The molecule has 154 valence electrons. The summed E-state index contributed by atoms with van der Waals surface area (Å²) in [5.41, 5.74) is 3.54. The molecule has 0 bridgehead atoms. The van der Waals surface area contributed by atoms with Crippen LogP contribution in [-0.2, 0) is 23.1 Å². The van der Waals surface area contributed by atoms with E-state index < -0.39 is 10.0 Å². The Kier molecular flexibility index (Phi) is 5.87. The van der Waals surface area contributed by atoms with E-state index in [1.54, 1.807) is 24.3 Å². The topological polar surface area (TPSA) is 69.7 Å². The Hall–Kier alpha value is -2.38. The van der Waals surface area contributed by atoms with E-state index >= 15 is 0 Å². The Labute approximate surface area is 172 Å². The van der Waals surface area contributed by atoms with E-state index in [0.717, 1.165) is 25.2 Å². The van der Waals surface area contributed by atoms with Crippen LogP contribution in [0.4, 0.5) is 5.69 Å². The van der Waals surface area contributed by atoms with Crippen LogP contribution in [0.5, 0.6) is 0 Å². The van der Waals surface area contributed by atoms with Gasteiger partial charge in [0, 0.05) is 25.2 Å². The molecule has 2 aliphatic heterocycles. The molecule has 0 aliphatic carbocycles. The van der Waals surface area contributed by atoms with E-state index in [-0.39, 0.29) is 11.7 Å². The second kappa shape index (κ2) is 8.55. The molecule has 7 heteroatoms. The highest BCUT2D eigenvalue weighted by Gasteiger charge is 2.28. The average molecular weight is 414 g/mol. The van der Waals surface area contributed by atoms with Crippen molar-refractivity contribution >= 4 is 21.6 Å². The molecule has 0 aromatic heterocycles. The third-order valence-electron chi connectivity index (χ3n) is 5.67.